The third-order valence-electron chi connectivity index (χ3n) is 3.61. The van der Waals surface area contributed by atoms with Crippen LogP contribution in [-0.2, 0) is 11.2 Å². The van der Waals surface area contributed by atoms with E-state index in [1.165, 1.54) is 0 Å². The van der Waals surface area contributed by atoms with Crippen molar-refractivity contribution in [2.75, 3.05) is 0 Å². The number of hydrogen-bond acceptors (Lipinski definition) is 4. The summed E-state index contributed by atoms with van der Waals surface area (Å²) in [5.41, 5.74) is 3.55. The lowest BCUT2D eigenvalue weighted by molar-refractivity contribution is 0.0296. The summed E-state index contributed by atoms with van der Waals surface area (Å²) >= 11 is 0. The lowest BCUT2D eigenvalue weighted by atomic mass is 9.89. The molecular formula is C16H15NO3. The maximum absolute atomic E-state index is 12.1. The Labute approximate surface area is 117 Å². The highest BCUT2D eigenvalue weighted by Crippen LogP contribution is 2.38. The van der Waals surface area contributed by atoms with Gasteiger partial charge in [-0.15, -0.1) is 0 Å². The normalized spacial score (nSPS) is 17.5. The van der Waals surface area contributed by atoms with E-state index in [9.17, 15) is 9.90 Å². The number of aromatic nitrogens is 1. The minimum atomic E-state index is -0.454. The molecule has 102 valence electrons. The van der Waals surface area contributed by atoms with Crippen LogP contribution in [0.15, 0.2) is 30.6 Å². The maximum atomic E-state index is 12.1. The molecule has 3 rings (SSSR count). The van der Waals surface area contributed by atoms with Crippen molar-refractivity contribution in [2.45, 2.75) is 26.4 Å². The summed E-state index contributed by atoms with van der Waals surface area (Å²) in [6, 6.07) is 5.55. The molecule has 0 radical (unpaired) electrons. The molecule has 2 aromatic rings. The van der Waals surface area contributed by atoms with Gasteiger partial charge in [0, 0.05) is 29.9 Å². The van der Waals surface area contributed by atoms with Gasteiger partial charge in [0.2, 0.25) is 0 Å². The molecule has 0 bridgehead atoms. The molecule has 0 saturated carbocycles. The monoisotopic (exact) mass is 269 g/mol. The molecule has 0 amide bonds. The zero-order chi connectivity index (χ0) is 14.3. The van der Waals surface area contributed by atoms with Crippen molar-refractivity contribution >= 4 is 5.97 Å². The topological polar surface area (TPSA) is 59.4 Å². The standard InChI is InChI=1S/C16H15NO3/c1-9-6-13(11-4-3-5-17-8-11)15(18)14-12(9)7-10(2)20-16(14)19/h3-6,8,10,18H,7H2,1-2H3/t10-/m1/s1. The van der Waals surface area contributed by atoms with E-state index >= 15 is 0 Å². The van der Waals surface area contributed by atoms with Gasteiger partial charge in [-0.25, -0.2) is 4.79 Å². The molecule has 0 fully saturated rings. The van der Waals surface area contributed by atoms with Crippen LogP contribution in [-0.4, -0.2) is 22.2 Å². The number of hydrogen-bond donors (Lipinski definition) is 1. The quantitative estimate of drug-likeness (QED) is 0.809. The van der Waals surface area contributed by atoms with Crippen LogP contribution >= 0.6 is 0 Å². The highest BCUT2D eigenvalue weighted by atomic mass is 16.5. The van der Waals surface area contributed by atoms with Crippen LogP contribution in [0.3, 0.4) is 0 Å². The fourth-order valence-corrected chi connectivity index (χ4v) is 2.64. The smallest absolute Gasteiger partial charge is 0.342 e. The van der Waals surface area contributed by atoms with E-state index in [4.69, 9.17) is 4.74 Å². The van der Waals surface area contributed by atoms with Gasteiger partial charge >= 0.3 is 5.97 Å². The van der Waals surface area contributed by atoms with Crippen LogP contribution in [0.1, 0.15) is 28.4 Å². The van der Waals surface area contributed by atoms with Crippen LogP contribution < -0.4 is 0 Å². The number of phenolic OH excluding ortho intramolecular Hbond substituents is 1. The number of aromatic hydroxyl groups is 1. The molecule has 1 N–H and O–H groups in total. The van der Waals surface area contributed by atoms with Crippen molar-refractivity contribution in [3.05, 3.63) is 47.3 Å². The lowest BCUT2D eigenvalue weighted by Crippen LogP contribution is -2.26. The van der Waals surface area contributed by atoms with Gasteiger partial charge in [0.1, 0.15) is 17.4 Å². The van der Waals surface area contributed by atoms with Gasteiger partial charge in [-0.3, -0.25) is 4.98 Å². The summed E-state index contributed by atoms with van der Waals surface area (Å²) in [4.78, 5) is 16.1. The summed E-state index contributed by atoms with van der Waals surface area (Å²) in [5.74, 6) is -0.472. The van der Waals surface area contributed by atoms with Crippen LogP contribution in [0, 0.1) is 6.92 Å². The SMILES string of the molecule is Cc1cc(-c2cccnc2)c(O)c2c1C[C@@H](C)OC2=O. The average Bonchev–Trinajstić information content (AvgIpc) is 2.43. The number of esters is 1. The molecule has 1 aromatic heterocycles. The Kier molecular flexibility index (Phi) is 2.93. The van der Waals surface area contributed by atoms with Crippen molar-refractivity contribution in [2.24, 2.45) is 0 Å². The van der Waals surface area contributed by atoms with Gasteiger partial charge in [0.15, 0.2) is 0 Å². The molecule has 0 unspecified atom stereocenters. The van der Waals surface area contributed by atoms with Crippen molar-refractivity contribution in [1.29, 1.82) is 0 Å². The number of carbonyl (C=O) groups is 1. The summed E-state index contributed by atoms with van der Waals surface area (Å²) in [7, 11) is 0. The molecular weight excluding hydrogens is 254 g/mol. The highest BCUT2D eigenvalue weighted by Gasteiger charge is 2.30. The predicted octanol–water partition coefficient (Wildman–Crippen LogP) is 2.86. The number of ether oxygens (including phenoxy) is 1. The molecule has 1 atom stereocenters. The first-order chi connectivity index (χ1) is 9.58. The van der Waals surface area contributed by atoms with Gasteiger partial charge in [-0.1, -0.05) is 6.07 Å². The van der Waals surface area contributed by atoms with E-state index in [1.54, 1.807) is 18.5 Å². The number of rotatable bonds is 1. The second kappa shape index (κ2) is 4.63. The first-order valence-corrected chi connectivity index (χ1v) is 6.54. The molecule has 0 spiro atoms. The van der Waals surface area contributed by atoms with Crippen molar-refractivity contribution in [3.63, 3.8) is 0 Å². The molecule has 1 aliphatic rings. The van der Waals surface area contributed by atoms with Gasteiger partial charge in [0.05, 0.1) is 0 Å². The first-order valence-electron chi connectivity index (χ1n) is 6.54. The molecule has 1 aliphatic heterocycles. The largest absolute Gasteiger partial charge is 0.506 e. The van der Waals surface area contributed by atoms with Crippen LogP contribution in [0.2, 0.25) is 0 Å². The number of cyclic esters (lactones) is 1. The number of nitrogens with zero attached hydrogens (tertiary/aromatic N) is 1. The van der Waals surface area contributed by atoms with Gasteiger partial charge in [-0.05, 0) is 37.1 Å². The fraction of sp³-hybridized carbons (Fsp3) is 0.250. The summed E-state index contributed by atoms with van der Waals surface area (Å²) in [5, 5.41) is 10.4. The van der Waals surface area contributed by atoms with Crippen molar-refractivity contribution < 1.29 is 14.6 Å². The molecule has 0 saturated heterocycles. The molecule has 20 heavy (non-hydrogen) atoms. The van der Waals surface area contributed by atoms with E-state index in [1.807, 2.05) is 26.0 Å². The summed E-state index contributed by atoms with van der Waals surface area (Å²) < 4.78 is 5.22. The Morgan fingerprint density at radius 3 is 2.95 bits per heavy atom. The van der Waals surface area contributed by atoms with E-state index in [-0.39, 0.29) is 11.9 Å². The number of pyridine rings is 1. The Balaban J connectivity index is 2.24. The zero-order valence-electron chi connectivity index (χ0n) is 11.4. The van der Waals surface area contributed by atoms with Crippen molar-refractivity contribution in [3.8, 4) is 16.9 Å². The highest BCUT2D eigenvalue weighted by molar-refractivity contribution is 5.98. The maximum Gasteiger partial charge on any atom is 0.342 e. The average molecular weight is 269 g/mol. The number of carbonyl (C=O) groups excluding carboxylic acids is 1. The first kappa shape index (κ1) is 12.7. The molecule has 1 aromatic carbocycles. The Morgan fingerprint density at radius 1 is 1.45 bits per heavy atom. The van der Waals surface area contributed by atoms with E-state index in [0.717, 1.165) is 16.7 Å². The molecule has 2 heterocycles. The minimum absolute atomic E-state index is 0.0181. The second-order valence-electron chi connectivity index (χ2n) is 5.10. The Morgan fingerprint density at radius 2 is 2.25 bits per heavy atom. The summed E-state index contributed by atoms with van der Waals surface area (Å²) in [6.07, 6.45) is 3.81. The number of aryl methyl sites for hydroxylation is 1. The van der Waals surface area contributed by atoms with E-state index < -0.39 is 5.97 Å². The summed E-state index contributed by atoms with van der Waals surface area (Å²) in [6.45, 7) is 3.80. The second-order valence-corrected chi connectivity index (χ2v) is 5.10. The van der Waals surface area contributed by atoms with Crippen LogP contribution in [0.5, 0.6) is 5.75 Å². The number of fused-ring (bicyclic) bond motifs is 1. The molecule has 4 nitrogen and oxygen atoms in total. The third-order valence-corrected chi connectivity index (χ3v) is 3.61. The van der Waals surface area contributed by atoms with Crippen LogP contribution in [0.4, 0.5) is 0 Å². The van der Waals surface area contributed by atoms with Gasteiger partial charge in [0.25, 0.3) is 0 Å². The number of benzene rings is 1. The van der Waals surface area contributed by atoms with E-state index in [2.05, 4.69) is 4.98 Å². The zero-order valence-corrected chi connectivity index (χ0v) is 11.4. The Bertz CT molecular complexity index is 680. The van der Waals surface area contributed by atoms with Gasteiger partial charge in [-0.2, -0.15) is 0 Å². The van der Waals surface area contributed by atoms with Gasteiger partial charge < -0.3 is 9.84 Å². The lowest BCUT2D eigenvalue weighted by Gasteiger charge is -2.25. The molecule has 4 heteroatoms. The van der Waals surface area contributed by atoms with Crippen molar-refractivity contribution in [1.82, 2.24) is 4.98 Å². The minimum Gasteiger partial charge on any atom is -0.506 e. The Hall–Kier alpha value is -2.36. The molecule has 0 aliphatic carbocycles. The number of phenols is 1. The predicted molar refractivity (Wildman–Crippen MR) is 74.7 cm³/mol. The fourth-order valence-electron chi connectivity index (χ4n) is 2.64. The van der Waals surface area contributed by atoms with Crippen LogP contribution in [0.25, 0.3) is 11.1 Å². The third kappa shape index (κ3) is 1.93. The van der Waals surface area contributed by atoms with E-state index in [0.29, 0.717) is 17.5 Å².